The summed E-state index contributed by atoms with van der Waals surface area (Å²) < 4.78 is 0. The Hall–Kier alpha value is -1.48. The molecule has 0 aliphatic carbocycles. The normalized spacial score (nSPS) is 10.6. The Morgan fingerprint density at radius 2 is 2.31 bits per heavy atom. The zero-order valence-electron chi connectivity index (χ0n) is 9.16. The van der Waals surface area contributed by atoms with Crippen LogP contribution in [0.2, 0.25) is 5.02 Å². The fraction of sp³-hybridized carbons (Fsp3) is 0.250. The molecule has 0 bridgehead atoms. The number of carbonyl (C=O) groups is 1. The number of hydrogen-bond acceptors (Lipinski definition) is 2. The minimum absolute atomic E-state index is 0.102. The van der Waals surface area contributed by atoms with Crippen molar-refractivity contribution in [2.24, 2.45) is 0 Å². The number of anilines is 1. The van der Waals surface area contributed by atoms with Gasteiger partial charge in [-0.05, 0) is 30.2 Å². The van der Waals surface area contributed by atoms with Gasteiger partial charge < -0.3 is 11.1 Å². The van der Waals surface area contributed by atoms with Crippen LogP contribution in [-0.4, -0.2) is 12.5 Å². The van der Waals surface area contributed by atoms with Crippen LogP contribution < -0.4 is 11.1 Å². The topological polar surface area (TPSA) is 55.1 Å². The molecule has 3 N–H and O–H groups in total. The van der Waals surface area contributed by atoms with E-state index in [-0.39, 0.29) is 5.91 Å². The lowest BCUT2D eigenvalue weighted by molar-refractivity contribution is -0.116. The van der Waals surface area contributed by atoms with Crippen LogP contribution in [0.15, 0.2) is 24.3 Å². The number of amides is 1. The molecular weight excluding hydrogens is 224 g/mol. The molecule has 1 rings (SSSR count). The van der Waals surface area contributed by atoms with Gasteiger partial charge in [0.1, 0.15) is 0 Å². The molecule has 0 atom stereocenters. The summed E-state index contributed by atoms with van der Waals surface area (Å²) >= 11 is 5.78. The molecule has 0 aliphatic heterocycles. The second kappa shape index (κ2) is 6.18. The van der Waals surface area contributed by atoms with Gasteiger partial charge in [0.2, 0.25) is 5.91 Å². The molecule has 0 saturated carbocycles. The Kier molecular flexibility index (Phi) is 4.86. The van der Waals surface area contributed by atoms with Crippen molar-refractivity contribution in [2.75, 3.05) is 12.3 Å². The maximum Gasteiger partial charge on any atom is 0.243 e. The molecule has 0 radical (unpaired) electrons. The van der Waals surface area contributed by atoms with E-state index in [9.17, 15) is 4.79 Å². The van der Waals surface area contributed by atoms with Crippen LogP contribution in [0.5, 0.6) is 0 Å². The monoisotopic (exact) mass is 238 g/mol. The fourth-order valence-corrected chi connectivity index (χ4v) is 1.26. The minimum Gasteiger partial charge on any atom is -0.398 e. The predicted molar refractivity (Wildman–Crippen MR) is 68.2 cm³/mol. The molecule has 0 fully saturated rings. The van der Waals surface area contributed by atoms with Gasteiger partial charge in [0.15, 0.2) is 0 Å². The van der Waals surface area contributed by atoms with Gasteiger partial charge in [0.25, 0.3) is 0 Å². The van der Waals surface area contributed by atoms with Crippen LogP contribution in [-0.2, 0) is 4.79 Å². The third kappa shape index (κ3) is 3.95. The Balaban J connectivity index is 2.62. The van der Waals surface area contributed by atoms with Crippen molar-refractivity contribution in [3.05, 3.63) is 34.9 Å². The molecule has 16 heavy (non-hydrogen) atoms. The van der Waals surface area contributed by atoms with Gasteiger partial charge in [-0.3, -0.25) is 4.79 Å². The molecular formula is C12H15ClN2O. The van der Waals surface area contributed by atoms with Gasteiger partial charge in [-0.1, -0.05) is 24.6 Å². The van der Waals surface area contributed by atoms with E-state index in [4.69, 9.17) is 17.3 Å². The van der Waals surface area contributed by atoms with Crippen molar-refractivity contribution in [3.8, 4) is 0 Å². The van der Waals surface area contributed by atoms with Crippen molar-refractivity contribution in [3.63, 3.8) is 0 Å². The average Bonchev–Trinajstić information content (AvgIpc) is 2.28. The number of hydrogen-bond donors (Lipinski definition) is 2. The predicted octanol–water partition coefficient (Wildman–Crippen LogP) is 2.46. The number of nitrogens with one attached hydrogen (secondary N) is 1. The molecule has 0 heterocycles. The van der Waals surface area contributed by atoms with E-state index in [0.29, 0.717) is 17.3 Å². The fourth-order valence-electron chi connectivity index (χ4n) is 1.14. The first-order valence-corrected chi connectivity index (χ1v) is 5.52. The SMILES string of the molecule is CCCNC(=O)/C=C/c1ccc(Cl)c(N)c1. The number of nitrogen functional groups attached to an aromatic ring is 1. The zero-order chi connectivity index (χ0) is 12.0. The lowest BCUT2D eigenvalue weighted by Gasteiger charge is -2.00. The number of rotatable bonds is 4. The summed E-state index contributed by atoms with van der Waals surface area (Å²) in [5.74, 6) is -0.102. The minimum atomic E-state index is -0.102. The maximum absolute atomic E-state index is 11.3. The summed E-state index contributed by atoms with van der Waals surface area (Å²) in [6, 6.07) is 5.24. The van der Waals surface area contributed by atoms with Crippen molar-refractivity contribution in [2.45, 2.75) is 13.3 Å². The van der Waals surface area contributed by atoms with Crippen LogP contribution in [0.3, 0.4) is 0 Å². The van der Waals surface area contributed by atoms with Crippen LogP contribution >= 0.6 is 11.6 Å². The Labute approximate surface area is 100 Å². The quantitative estimate of drug-likeness (QED) is 0.625. The lowest BCUT2D eigenvalue weighted by Crippen LogP contribution is -2.21. The van der Waals surface area contributed by atoms with E-state index in [2.05, 4.69) is 5.32 Å². The molecule has 0 unspecified atom stereocenters. The summed E-state index contributed by atoms with van der Waals surface area (Å²) in [6.07, 6.45) is 4.11. The molecule has 1 amide bonds. The maximum atomic E-state index is 11.3. The van der Waals surface area contributed by atoms with Crippen molar-refractivity contribution in [1.29, 1.82) is 0 Å². The highest BCUT2D eigenvalue weighted by atomic mass is 35.5. The van der Waals surface area contributed by atoms with Crippen molar-refractivity contribution in [1.82, 2.24) is 5.32 Å². The summed E-state index contributed by atoms with van der Waals surface area (Å²) in [7, 11) is 0. The third-order valence-corrected chi connectivity index (χ3v) is 2.34. The van der Waals surface area contributed by atoms with E-state index < -0.39 is 0 Å². The number of nitrogens with two attached hydrogens (primary N) is 1. The van der Waals surface area contributed by atoms with Crippen molar-refractivity contribution >= 4 is 29.3 Å². The molecule has 0 saturated heterocycles. The molecule has 4 heteroatoms. The molecule has 3 nitrogen and oxygen atoms in total. The largest absolute Gasteiger partial charge is 0.398 e. The molecule has 1 aromatic rings. The Bertz CT molecular complexity index is 402. The highest BCUT2D eigenvalue weighted by Crippen LogP contribution is 2.19. The van der Waals surface area contributed by atoms with E-state index in [1.54, 1.807) is 18.2 Å². The highest BCUT2D eigenvalue weighted by Gasteiger charge is 1.96. The van der Waals surface area contributed by atoms with Crippen LogP contribution in [0, 0.1) is 0 Å². The molecule has 0 aromatic heterocycles. The first-order valence-electron chi connectivity index (χ1n) is 5.14. The highest BCUT2D eigenvalue weighted by molar-refractivity contribution is 6.33. The van der Waals surface area contributed by atoms with Gasteiger partial charge in [-0.2, -0.15) is 0 Å². The van der Waals surface area contributed by atoms with Gasteiger partial charge in [-0.15, -0.1) is 0 Å². The van der Waals surface area contributed by atoms with E-state index in [0.717, 1.165) is 12.0 Å². The summed E-state index contributed by atoms with van der Waals surface area (Å²) in [5.41, 5.74) is 7.01. The first kappa shape index (κ1) is 12.6. The Morgan fingerprint density at radius 1 is 1.56 bits per heavy atom. The summed E-state index contributed by atoms with van der Waals surface area (Å²) in [4.78, 5) is 11.3. The zero-order valence-corrected chi connectivity index (χ0v) is 9.92. The average molecular weight is 239 g/mol. The second-order valence-corrected chi connectivity index (χ2v) is 3.81. The summed E-state index contributed by atoms with van der Waals surface area (Å²) in [5, 5.41) is 3.27. The molecule has 86 valence electrons. The first-order chi connectivity index (χ1) is 7.63. The third-order valence-electron chi connectivity index (χ3n) is 2.00. The van der Waals surface area contributed by atoms with E-state index >= 15 is 0 Å². The summed E-state index contributed by atoms with van der Waals surface area (Å²) in [6.45, 7) is 2.69. The molecule has 0 aliphatic rings. The van der Waals surface area contributed by atoms with Gasteiger partial charge in [0, 0.05) is 12.6 Å². The van der Waals surface area contributed by atoms with Gasteiger partial charge in [0.05, 0.1) is 10.7 Å². The second-order valence-electron chi connectivity index (χ2n) is 3.41. The van der Waals surface area contributed by atoms with Gasteiger partial charge >= 0.3 is 0 Å². The smallest absolute Gasteiger partial charge is 0.243 e. The number of halogens is 1. The standard InChI is InChI=1S/C12H15ClN2O/c1-2-7-15-12(16)6-4-9-3-5-10(13)11(14)8-9/h3-6,8H,2,7,14H2,1H3,(H,15,16)/b6-4+. The number of carbonyl (C=O) groups excluding carboxylic acids is 1. The molecule has 1 aromatic carbocycles. The van der Waals surface area contributed by atoms with Crippen LogP contribution in [0.25, 0.3) is 6.08 Å². The van der Waals surface area contributed by atoms with Gasteiger partial charge in [-0.25, -0.2) is 0 Å². The van der Waals surface area contributed by atoms with E-state index in [1.165, 1.54) is 6.08 Å². The Morgan fingerprint density at radius 3 is 2.94 bits per heavy atom. The van der Waals surface area contributed by atoms with Crippen LogP contribution in [0.1, 0.15) is 18.9 Å². The lowest BCUT2D eigenvalue weighted by atomic mass is 10.2. The number of benzene rings is 1. The molecule has 0 spiro atoms. The van der Waals surface area contributed by atoms with E-state index in [1.807, 2.05) is 13.0 Å². The van der Waals surface area contributed by atoms with Crippen LogP contribution in [0.4, 0.5) is 5.69 Å². The van der Waals surface area contributed by atoms with Crippen molar-refractivity contribution < 1.29 is 4.79 Å².